The number of carbonyl (C=O) groups excluding carboxylic acids is 1. The molecular formula is C25H30N6O2. The van der Waals surface area contributed by atoms with E-state index >= 15 is 0 Å². The van der Waals surface area contributed by atoms with Crippen LogP contribution in [-0.4, -0.2) is 43.3 Å². The molecule has 1 fully saturated rings. The van der Waals surface area contributed by atoms with E-state index in [-0.39, 0.29) is 22.9 Å². The van der Waals surface area contributed by atoms with Crippen molar-refractivity contribution in [2.24, 2.45) is 0 Å². The Kier molecular flexibility index (Phi) is 5.70. The number of likely N-dealkylation sites (N-methyl/N-ethyl adjacent to an activating group) is 1. The monoisotopic (exact) mass is 446 g/mol. The summed E-state index contributed by atoms with van der Waals surface area (Å²) in [5.41, 5.74) is 3.61. The summed E-state index contributed by atoms with van der Waals surface area (Å²) < 4.78 is 1.73. The molecule has 8 heteroatoms. The fraction of sp³-hybridized carbons (Fsp3) is 0.480. The molecule has 0 spiro atoms. The van der Waals surface area contributed by atoms with Gasteiger partial charge in [0.1, 0.15) is 11.5 Å². The number of rotatable bonds is 5. The van der Waals surface area contributed by atoms with E-state index in [4.69, 9.17) is 9.97 Å². The number of pyridine rings is 2. The van der Waals surface area contributed by atoms with Crippen molar-refractivity contribution in [3.8, 4) is 0 Å². The summed E-state index contributed by atoms with van der Waals surface area (Å²) in [5.74, 6) is 0.889. The predicted octanol–water partition coefficient (Wildman–Crippen LogP) is 3.93. The molecule has 1 N–H and O–H groups in total. The zero-order chi connectivity index (χ0) is 23.1. The van der Waals surface area contributed by atoms with Crippen LogP contribution in [0.5, 0.6) is 0 Å². The second-order valence-corrected chi connectivity index (χ2v) is 9.15. The molecule has 0 unspecified atom stereocenters. The molecule has 0 saturated heterocycles. The van der Waals surface area contributed by atoms with Gasteiger partial charge in [-0.2, -0.15) is 4.98 Å². The third-order valence-corrected chi connectivity index (χ3v) is 7.06. The average Bonchev–Trinajstić information content (AvgIpc) is 3.33. The van der Waals surface area contributed by atoms with Gasteiger partial charge in [-0.3, -0.25) is 19.1 Å². The summed E-state index contributed by atoms with van der Waals surface area (Å²) in [7, 11) is 0. The maximum absolute atomic E-state index is 13.4. The molecule has 3 aromatic heterocycles. The fourth-order valence-electron chi connectivity index (χ4n) is 5.24. The van der Waals surface area contributed by atoms with Gasteiger partial charge in [-0.25, -0.2) is 9.97 Å². The third-order valence-electron chi connectivity index (χ3n) is 7.06. The molecule has 0 atom stereocenters. The Bertz CT molecular complexity index is 1290. The molecule has 3 aromatic rings. The van der Waals surface area contributed by atoms with Gasteiger partial charge >= 0.3 is 0 Å². The molecule has 33 heavy (non-hydrogen) atoms. The maximum Gasteiger partial charge on any atom is 0.263 e. The van der Waals surface area contributed by atoms with Crippen molar-refractivity contribution in [3.63, 3.8) is 0 Å². The van der Waals surface area contributed by atoms with Crippen LogP contribution in [0.2, 0.25) is 0 Å². The largest absolute Gasteiger partial charge is 0.309 e. The number of aryl methyl sites for hydroxylation is 1. The number of anilines is 2. The molecule has 5 rings (SSSR count). The number of nitrogens with zero attached hydrogens (tertiary/aromatic N) is 5. The molecule has 0 radical (unpaired) electrons. The highest BCUT2D eigenvalue weighted by molar-refractivity contribution is 5.99. The molecular weight excluding hydrogens is 416 g/mol. The lowest BCUT2D eigenvalue weighted by Gasteiger charge is -2.27. The second kappa shape index (κ2) is 8.67. The molecule has 0 bridgehead atoms. The van der Waals surface area contributed by atoms with Gasteiger partial charge in [0.15, 0.2) is 5.78 Å². The number of hydrogen-bond acceptors (Lipinski definition) is 7. The van der Waals surface area contributed by atoms with E-state index in [1.807, 2.05) is 6.07 Å². The summed E-state index contributed by atoms with van der Waals surface area (Å²) in [6.45, 7) is 8.41. The fourth-order valence-corrected chi connectivity index (χ4v) is 5.24. The van der Waals surface area contributed by atoms with Crippen LogP contribution in [0.4, 0.5) is 11.8 Å². The number of carbonyl (C=O) groups is 1. The predicted molar refractivity (Wildman–Crippen MR) is 128 cm³/mol. The van der Waals surface area contributed by atoms with Gasteiger partial charge in [-0.1, -0.05) is 25.8 Å². The van der Waals surface area contributed by atoms with E-state index in [1.54, 1.807) is 17.7 Å². The van der Waals surface area contributed by atoms with Crippen molar-refractivity contribution in [1.82, 2.24) is 24.4 Å². The van der Waals surface area contributed by atoms with Crippen LogP contribution in [0.15, 0.2) is 23.1 Å². The quantitative estimate of drug-likeness (QED) is 0.594. The summed E-state index contributed by atoms with van der Waals surface area (Å²) in [6, 6.07) is 4.13. The highest BCUT2D eigenvalue weighted by atomic mass is 16.1. The third kappa shape index (κ3) is 3.93. The highest BCUT2D eigenvalue weighted by Crippen LogP contribution is 2.32. The lowest BCUT2D eigenvalue weighted by Crippen LogP contribution is -2.31. The second-order valence-electron chi connectivity index (χ2n) is 9.15. The van der Waals surface area contributed by atoms with Crippen LogP contribution < -0.4 is 10.9 Å². The number of Topliss-reactive ketones (excluding diaryl/α,β-unsaturated/α-hetero) is 1. The minimum absolute atomic E-state index is 0.0600. The first-order chi connectivity index (χ1) is 16.0. The highest BCUT2D eigenvalue weighted by Gasteiger charge is 2.26. The van der Waals surface area contributed by atoms with Crippen molar-refractivity contribution in [2.45, 2.75) is 65.5 Å². The number of fused-ring (bicyclic) bond motifs is 2. The Hall–Kier alpha value is -3.13. The summed E-state index contributed by atoms with van der Waals surface area (Å²) in [4.78, 5) is 42.1. The summed E-state index contributed by atoms with van der Waals surface area (Å²) in [5, 5.41) is 3.98. The van der Waals surface area contributed by atoms with E-state index < -0.39 is 0 Å². The van der Waals surface area contributed by atoms with E-state index in [9.17, 15) is 9.59 Å². The topological polar surface area (TPSA) is 93.0 Å². The normalized spacial score (nSPS) is 16.8. The number of aromatic nitrogens is 4. The first-order valence-electron chi connectivity index (χ1n) is 11.9. The smallest absolute Gasteiger partial charge is 0.263 e. The zero-order valence-electron chi connectivity index (χ0n) is 19.5. The van der Waals surface area contributed by atoms with Gasteiger partial charge in [-0.05, 0) is 50.4 Å². The van der Waals surface area contributed by atoms with E-state index in [1.165, 1.54) is 12.5 Å². The standard InChI is InChI=1S/C25H30N6O2/c1-4-30-12-11-20-17(14-30)9-10-21(27-20)28-25-26-13-19-15(2)22(16(3)32)24(33)31(23(19)29-25)18-7-5-6-8-18/h9-10,13,18H,4-8,11-12,14H2,1-3H3,(H,26,27,28,29). The first-order valence-corrected chi connectivity index (χ1v) is 11.9. The minimum atomic E-state index is -0.239. The molecule has 2 aliphatic rings. The van der Waals surface area contributed by atoms with Crippen LogP contribution in [0, 0.1) is 6.92 Å². The summed E-state index contributed by atoms with van der Waals surface area (Å²) in [6.07, 6.45) is 6.63. The molecule has 172 valence electrons. The molecule has 0 aromatic carbocycles. The van der Waals surface area contributed by atoms with Gasteiger partial charge in [0, 0.05) is 42.8 Å². The first kappa shape index (κ1) is 21.7. The van der Waals surface area contributed by atoms with Gasteiger partial charge in [0.25, 0.3) is 5.56 Å². The van der Waals surface area contributed by atoms with Gasteiger partial charge < -0.3 is 5.32 Å². The molecule has 0 amide bonds. The minimum Gasteiger partial charge on any atom is -0.309 e. The van der Waals surface area contributed by atoms with Crippen molar-refractivity contribution in [2.75, 3.05) is 18.4 Å². The SMILES string of the molecule is CCN1CCc2nc(Nc3ncc4c(C)c(C(C)=O)c(=O)n(C5CCCC5)c4n3)ccc2C1. The Morgan fingerprint density at radius 1 is 1.21 bits per heavy atom. The molecule has 1 aliphatic heterocycles. The molecule has 4 heterocycles. The Morgan fingerprint density at radius 3 is 2.73 bits per heavy atom. The Balaban J connectivity index is 1.56. The molecule has 1 saturated carbocycles. The Labute approximate surface area is 193 Å². The number of hydrogen-bond donors (Lipinski definition) is 1. The molecule has 1 aliphatic carbocycles. The van der Waals surface area contributed by atoms with Crippen molar-refractivity contribution in [3.05, 3.63) is 51.1 Å². The molecule has 8 nitrogen and oxygen atoms in total. The van der Waals surface area contributed by atoms with Crippen LogP contribution >= 0.6 is 0 Å². The Morgan fingerprint density at radius 2 is 2.00 bits per heavy atom. The van der Waals surface area contributed by atoms with Crippen LogP contribution in [-0.2, 0) is 13.0 Å². The van der Waals surface area contributed by atoms with Crippen LogP contribution in [0.3, 0.4) is 0 Å². The van der Waals surface area contributed by atoms with Crippen molar-refractivity contribution < 1.29 is 4.79 Å². The van der Waals surface area contributed by atoms with Crippen LogP contribution in [0.25, 0.3) is 11.0 Å². The van der Waals surface area contributed by atoms with Gasteiger partial charge in [-0.15, -0.1) is 0 Å². The van der Waals surface area contributed by atoms with Gasteiger partial charge in [0.2, 0.25) is 5.95 Å². The van der Waals surface area contributed by atoms with E-state index in [0.717, 1.165) is 62.8 Å². The average molecular weight is 447 g/mol. The summed E-state index contributed by atoms with van der Waals surface area (Å²) >= 11 is 0. The maximum atomic E-state index is 13.4. The van der Waals surface area contributed by atoms with E-state index in [0.29, 0.717) is 23.0 Å². The van der Waals surface area contributed by atoms with Gasteiger partial charge in [0.05, 0.1) is 5.56 Å². The zero-order valence-corrected chi connectivity index (χ0v) is 19.5. The van der Waals surface area contributed by atoms with E-state index in [2.05, 4.69) is 28.2 Å². The lowest BCUT2D eigenvalue weighted by atomic mass is 10.0. The van der Waals surface area contributed by atoms with Crippen molar-refractivity contribution in [1.29, 1.82) is 0 Å². The lowest BCUT2D eigenvalue weighted by molar-refractivity contribution is 0.101. The van der Waals surface area contributed by atoms with Crippen molar-refractivity contribution >= 4 is 28.6 Å². The number of nitrogens with one attached hydrogen (secondary N) is 1. The number of ketones is 1. The van der Waals surface area contributed by atoms with Crippen LogP contribution in [0.1, 0.15) is 72.8 Å².